The van der Waals surface area contributed by atoms with Gasteiger partial charge in [0.1, 0.15) is 0 Å². The maximum Gasteiger partial charge on any atom is 0.224 e. The van der Waals surface area contributed by atoms with E-state index in [2.05, 4.69) is 12.2 Å². The molecule has 0 radical (unpaired) electrons. The highest BCUT2D eigenvalue weighted by Crippen LogP contribution is 2.28. The van der Waals surface area contributed by atoms with E-state index in [1.807, 2.05) is 20.8 Å². The first-order valence-corrected chi connectivity index (χ1v) is 7.04. The van der Waals surface area contributed by atoms with E-state index in [0.29, 0.717) is 19.1 Å². The minimum Gasteiger partial charge on any atom is -0.374 e. The second kappa shape index (κ2) is 6.53. The zero-order chi connectivity index (χ0) is 13.8. The van der Waals surface area contributed by atoms with Gasteiger partial charge in [-0.2, -0.15) is 0 Å². The summed E-state index contributed by atoms with van der Waals surface area (Å²) in [6.45, 7) is 9.26. The van der Waals surface area contributed by atoms with Crippen LogP contribution in [0.2, 0.25) is 0 Å². The molecule has 3 atom stereocenters. The van der Waals surface area contributed by atoms with Crippen LogP contribution < -0.4 is 11.1 Å². The third kappa shape index (κ3) is 4.25. The van der Waals surface area contributed by atoms with E-state index >= 15 is 0 Å². The third-order valence-electron chi connectivity index (χ3n) is 3.86. The quantitative estimate of drug-likeness (QED) is 0.786. The van der Waals surface area contributed by atoms with Gasteiger partial charge in [0.05, 0.1) is 11.5 Å². The molecule has 106 valence electrons. The predicted octanol–water partition coefficient (Wildman–Crippen LogP) is 1.68. The normalized spacial score (nSPS) is 29.1. The zero-order valence-electron chi connectivity index (χ0n) is 12.2. The van der Waals surface area contributed by atoms with Crippen LogP contribution in [0.25, 0.3) is 0 Å². The molecule has 1 saturated carbocycles. The molecule has 0 aliphatic heterocycles. The van der Waals surface area contributed by atoms with Crippen molar-refractivity contribution >= 4 is 5.91 Å². The van der Waals surface area contributed by atoms with E-state index in [-0.39, 0.29) is 23.5 Å². The Bertz CT molecular complexity index is 279. The van der Waals surface area contributed by atoms with Crippen molar-refractivity contribution in [2.24, 2.45) is 17.6 Å². The van der Waals surface area contributed by atoms with E-state index in [9.17, 15) is 4.79 Å². The van der Waals surface area contributed by atoms with Gasteiger partial charge in [-0.1, -0.05) is 13.3 Å². The fourth-order valence-corrected chi connectivity index (χ4v) is 2.62. The average Bonchev–Trinajstić information content (AvgIpc) is 2.30. The fraction of sp³-hybridized carbons (Fsp3) is 0.929. The van der Waals surface area contributed by atoms with Crippen molar-refractivity contribution in [2.75, 3.05) is 13.2 Å². The van der Waals surface area contributed by atoms with Crippen LogP contribution in [0.5, 0.6) is 0 Å². The maximum atomic E-state index is 12.2. The lowest BCUT2D eigenvalue weighted by molar-refractivity contribution is -0.128. The van der Waals surface area contributed by atoms with Crippen molar-refractivity contribution < 1.29 is 9.53 Å². The Labute approximate surface area is 111 Å². The van der Waals surface area contributed by atoms with Crippen LogP contribution in [-0.2, 0) is 9.53 Å². The Morgan fingerprint density at radius 3 is 2.72 bits per heavy atom. The molecule has 3 N–H and O–H groups in total. The number of ether oxygens (including phenoxy) is 1. The number of nitrogens with two attached hydrogens (primary N) is 1. The number of carbonyl (C=O) groups is 1. The summed E-state index contributed by atoms with van der Waals surface area (Å²) in [6, 6.07) is -0.00560. The Morgan fingerprint density at radius 2 is 2.11 bits per heavy atom. The lowest BCUT2D eigenvalue weighted by Crippen LogP contribution is -2.50. The molecule has 0 spiro atoms. The molecular weight excluding hydrogens is 228 g/mol. The topological polar surface area (TPSA) is 64.3 Å². The molecule has 0 saturated heterocycles. The van der Waals surface area contributed by atoms with Gasteiger partial charge in [-0.05, 0) is 39.5 Å². The average molecular weight is 256 g/mol. The Balaban J connectivity index is 2.45. The summed E-state index contributed by atoms with van der Waals surface area (Å²) >= 11 is 0. The van der Waals surface area contributed by atoms with E-state index < -0.39 is 0 Å². The SMILES string of the molecule is CCOC(C)(C)CNC(=O)C1CCCC(C)C1N. The monoisotopic (exact) mass is 256 g/mol. The van der Waals surface area contributed by atoms with Gasteiger partial charge in [0, 0.05) is 19.2 Å². The molecule has 1 fully saturated rings. The summed E-state index contributed by atoms with van der Waals surface area (Å²) in [5.41, 5.74) is 5.82. The van der Waals surface area contributed by atoms with Crippen molar-refractivity contribution in [3.05, 3.63) is 0 Å². The number of hydrogen-bond donors (Lipinski definition) is 2. The first kappa shape index (κ1) is 15.4. The second-order valence-electron chi connectivity index (χ2n) is 6.00. The highest BCUT2D eigenvalue weighted by Gasteiger charge is 2.33. The predicted molar refractivity (Wildman–Crippen MR) is 73.2 cm³/mol. The van der Waals surface area contributed by atoms with Gasteiger partial charge in [-0.3, -0.25) is 4.79 Å². The molecule has 1 rings (SSSR count). The number of carbonyl (C=O) groups excluding carboxylic acids is 1. The third-order valence-corrected chi connectivity index (χ3v) is 3.86. The summed E-state index contributed by atoms with van der Waals surface area (Å²) < 4.78 is 5.57. The van der Waals surface area contributed by atoms with Crippen LogP contribution in [0.15, 0.2) is 0 Å². The van der Waals surface area contributed by atoms with Gasteiger partial charge in [0.15, 0.2) is 0 Å². The highest BCUT2D eigenvalue weighted by atomic mass is 16.5. The van der Waals surface area contributed by atoms with Gasteiger partial charge in [-0.25, -0.2) is 0 Å². The van der Waals surface area contributed by atoms with Crippen LogP contribution in [0.4, 0.5) is 0 Å². The van der Waals surface area contributed by atoms with E-state index in [4.69, 9.17) is 10.5 Å². The molecule has 0 aromatic rings. The molecule has 0 aromatic carbocycles. The second-order valence-corrected chi connectivity index (χ2v) is 6.00. The van der Waals surface area contributed by atoms with Crippen LogP contribution in [-0.4, -0.2) is 30.7 Å². The molecule has 0 bridgehead atoms. The fourth-order valence-electron chi connectivity index (χ4n) is 2.62. The van der Waals surface area contributed by atoms with Gasteiger partial charge in [0.25, 0.3) is 0 Å². The van der Waals surface area contributed by atoms with Crippen LogP contribution in [0.1, 0.15) is 47.0 Å². The summed E-state index contributed by atoms with van der Waals surface area (Å²) in [7, 11) is 0. The largest absolute Gasteiger partial charge is 0.374 e. The first-order valence-electron chi connectivity index (χ1n) is 7.04. The summed E-state index contributed by atoms with van der Waals surface area (Å²) in [5, 5.41) is 2.98. The lowest BCUT2D eigenvalue weighted by atomic mass is 9.78. The maximum absolute atomic E-state index is 12.2. The standard InChI is InChI=1S/C14H28N2O2/c1-5-18-14(3,4)9-16-13(17)11-8-6-7-10(2)12(11)15/h10-12H,5-9,15H2,1-4H3,(H,16,17). The minimum atomic E-state index is -0.311. The highest BCUT2D eigenvalue weighted by molar-refractivity contribution is 5.79. The lowest BCUT2D eigenvalue weighted by Gasteiger charge is -2.34. The molecule has 1 aliphatic rings. The Kier molecular flexibility index (Phi) is 5.60. The van der Waals surface area contributed by atoms with Crippen molar-refractivity contribution in [2.45, 2.75) is 58.6 Å². The van der Waals surface area contributed by atoms with Gasteiger partial charge in [-0.15, -0.1) is 0 Å². The summed E-state index contributed by atoms with van der Waals surface area (Å²) in [4.78, 5) is 12.2. The van der Waals surface area contributed by atoms with Crippen LogP contribution in [0.3, 0.4) is 0 Å². The van der Waals surface area contributed by atoms with Gasteiger partial charge in [0.2, 0.25) is 5.91 Å². The van der Waals surface area contributed by atoms with E-state index in [1.165, 1.54) is 0 Å². The summed E-state index contributed by atoms with van der Waals surface area (Å²) in [6.07, 6.45) is 3.14. The van der Waals surface area contributed by atoms with Crippen LogP contribution in [0, 0.1) is 11.8 Å². The first-order chi connectivity index (χ1) is 8.37. The van der Waals surface area contributed by atoms with Crippen molar-refractivity contribution in [1.29, 1.82) is 0 Å². The Hall–Kier alpha value is -0.610. The molecule has 1 amide bonds. The molecule has 4 nitrogen and oxygen atoms in total. The van der Waals surface area contributed by atoms with E-state index in [0.717, 1.165) is 19.3 Å². The van der Waals surface area contributed by atoms with Crippen molar-refractivity contribution in [3.8, 4) is 0 Å². The number of rotatable bonds is 5. The minimum absolute atomic E-state index is 0.00560. The van der Waals surface area contributed by atoms with Crippen molar-refractivity contribution in [3.63, 3.8) is 0 Å². The summed E-state index contributed by atoms with van der Waals surface area (Å²) in [5.74, 6) is 0.488. The van der Waals surface area contributed by atoms with Gasteiger partial charge < -0.3 is 15.8 Å². The number of nitrogens with one attached hydrogen (secondary N) is 1. The van der Waals surface area contributed by atoms with Crippen molar-refractivity contribution in [1.82, 2.24) is 5.32 Å². The molecule has 3 unspecified atom stereocenters. The molecule has 18 heavy (non-hydrogen) atoms. The zero-order valence-corrected chi connectivity index (χ0v) is 12.2. The van der Waals surface area contributed by atoms with Crippen LogP contribution >= 0.6 is 0 Å². The van der Waals surface area contributed by atoms with E-state index in [1.54, 1.807) is 0 Å². The molecule has 4 heteroatoms. The molecular formula is C14H28N2O2. The molecule has 1 aliphatic carbocycles. The van der Waals surface area contributed by atoms with Gasteiger partial charge >= 0.3 is 0 Å². The Morgan fingerprint density at radius 1 is 1.44 bits per heavy atom. The number of amides is 1. The smallest absolute Gasteiger partial charge is 0.224 e. The molecule has 0 heterocycles. The molecule has 0 aromatic heterocycles. The number of hydrogen-bond acceptors (Lipinski definition) is 3.